The molecule has 0 atom stereocenters. The summed E-state index contributed by atoms with van der Waals surface area (Å²) in [6.45, 7) is 0.432. The van der Waals surface area contributed by atoms with Gasteiger partial charge in [0.25, 0.3) is 0 Å². The van der Waals surface area contributed by atoms with Gasteiger partial charge in [-0.1, -0.05) is 18.2 Å². The lowest BCUT2D eigenvalue weighted by atomic mass is 10.3. The molecule has 0 fully saturated rings. The van der Waals surface area contributed by atoms with Crippen molar-refractivity contribution in [3.8, 4) is 5.75 Å². The first-order chi connectivity index (χ1) is 10.3. The molecule has 3 aromatic heterocycles. The van der Waals surface area contributed by atoms with Gasteiger partial charge in [0.1, 0.15) is 29.3 Å². The van der Waals surface area contributed by atoms with Crippen molar-refractivity contribution in [1.29, 1.82) is 0 Å². The maximum absolute atomic E-state index is 5.78. The standard InChI is InChI=1S/C16H14N4O/c1-20-14(10-21-11-5-3-2-4-6-11)19-13-9-18-16-12(15(13)20)7-8-17-16/h2-9H,10H2,1H3,(H,17,18). The molecule has 0 bridgehead atoms. The molecule has 0 aliphatic rings. The summed E-state index contributed by atoms with van der Waals surface area (Å²) in [5.74, 6) is 1.72. The zero-order chi connectivity index (χ0) is 14.2. The number of imidazole rings is 1. The first-order valence-electron chi connectivity index (χ1n) is 6.78. The molecule has 0 saturated carbocycles. The molecule has 4 aromatic rings. The molecule has 0 spiro atoms. The number of fused-ring (bicyclic) bond motifs is 3. The number of benzene rings is 1. The number of nitrogens with zero attached hydrogens (tertiary/aromatic N) is 3. The van der Waals surface area contributed by atoms with Crippen molar-refractivity contribution in [3.63, 3.8) is 0 Å². The predicted octanol–water partition coefficient (Wildman–Crippen LogP) is 3.03. The monoisotopic (exact) mass is 278 g/mol. The molecule has 1 aromatic carbocycles. The number of hydrogen-bond acceptors (Lipinski definition) is 3. The highest BCUT2D eigenvalue weighted by Crippen LogP contribution is 2.23. The summed E-state index contributed by atoms with van der Waals surface area (Å²) in [5.41, 5.74) is 2.84. The second-order valence-electron chi connectivity index (χ2n) is 4.92. The van der Waals surface area contributed by atoms with E-state index in [2.05, 4.69) is 19.5 Å². The summed E-state index contributed by atoms with van der Waals surface area (Å²) in [6.07, 6.45) is 3.68. The highest BCUT2D eigenvalue weighted by atomic mass is 16.5. The number of nitrogens with one attached hydrogen (secondary N) is 1. The third-order valence-electron chi connectivity index (χ3n) is 3.62. The average Bonchev–Trinajstić information content (AvgIpc) is 3.10. The molecular formula is C16H14N4O. The van der Waals surface area contributed by atoms with Crippen LogP contribution in [0.5, 0.6) is 5.75 Å². The second-order valence-corrected chi connectivity index (χ2v) is 4.92. The molecule has 4 rings (SSSR count). The maximum Gasteiger partial charge on any atom is 0.147 e. The highest BCUT2D eigenvalue weighted by molar-refractivity contribution is 6.01. The first-order valence-corrected chi connectivity index (χ1v) is 6.78. The molecule has 21 heavy (non-hydrogen) atoms. The minimum atomic E-state index is 0.432. The summed E-state index contributed by atoms with van der Waals surface area (Å²) in [5, 5.41) is 1.08. The Morgan fingerprint density at radius 1 is 1.19 bits per heavy atom. The van der Waals surface area contributed by atoms with E-state index >= 15 is 0 Å². The molecule has 0 unspecified atom stereocenters. The largest absolute Gasteiger partial charge is 0.486 e. The Labute approximate surface area is 121 Å². The van der Waals surface area contributed by atoms with Crippen molar-refractivity contribution in [2.45, 2.75) is 6.61 Å². The fourth-order valence-electron chi connectivity index (χ4n) is 2.55. The summed E-state index contributed by atoms with van der Waals surface area (Å²) in [6, 6.07) is 11.8. The first kappa shape index (κ1) is 12.0. The number of aromatic nitrogens is 4. The molecule has 104 valence electrons. The Hall–Kier alpha value is -2.82. The summed E-state index contributed by atoms with van der Waals surface area (Å²) in [4.78, 5) is 12.1. The van der Waals surface area contributed by atoms with Crippen LogP contribution in [-0.2, 0) is 13.7 Å². The lowest BCUT2D eigenvalue weighted by Gasteiger charge is -2.06. The van der Waals surface area contributed by atoms with E-state index in [4.69, 9.17) is 4.74 Å². The van der Waals surface area contributed by atoms with Gasteiger partial charge in [-0.15, -0.1) is 0 Å². The molecule has 0 amide bonds. The van der Waals surface area contributed by atoms with E-state index in [1.54, 1.807) is 6.20 Å². The van der Waals surface area contributed by atoms with Crippen molar-refractivity contribution >= 4 is 22.1 Å². The quantitative estimate of drug-likeness (QED) is 0.626. The SMILES string of the molecule is Cn1c(COc2ccccc2)nc2cnc3[nH]ccc3c21. The van der Waals surface area contributed by atoms with Gasteiger partial charge in [0.05, 0.1) is 11.7 Å². The topological polar surface area (TPSA) is 55.7 Å². The Bertz CT molecular complexity index is 908. The molecule has 0 aliphatic heterocycles. The third kappa shape index (κ3) is 1.94. The Kier molecular flexibility index (Phi) is 2.64. The number of para-hydroxylation sites is 1. The predicted molar refractivity (Wildman–Crippen MR) is 81.1 cm³/mol. The van der Waals surface area contributed by atoms with Gasteiger partial charge in [0.2, 0.25) is 0 Å². The number of aromatic amines is 1. The van der Waals surface area contributed by atoms with Crippen LogP contribution in [-0.4, -0.2) is 19.5 Å². The van der Waals surface area contributed by atoms with Gasteiger partial charge >= 0.3 is 0 Å². The van der Waals surface area contributed by atoms with Crippen LogP contribution in [0, 0.1) is 0 Å². The number of ether oxygens (including phenoxy) is 1. The lowest BCUT2D eigenvalue weighted by Crippen LogP contribution is -2.03. The van der Waals surface area contributed by atoms with Crippen LogP contribution < -0.4 is 4.74 Å². The maximum atomic E-state index is 5.78. The van der Waals surface area contributed by atoms with E-state index in [0.717, 1.165) is 33.6 Å². The van der Waals surface area contributed by atoms with Gasteiger partial charge in [0.15, 0.2) is 0 Å². The Morgan fingerprint density at radius 2 is 2.05 bits per heavy atom. The van der Waals surface area contributed by atoms with E-state index in [1.165, 1.54) is 0 Å². The van der Waals surface area contributed by atoms with Crippen LogP contribution in [0.15, 0.2) is 48.8 Å². The minimum absolute atomic E-state index is 0.432. The van der Waals surface area contributed by atoms with Crippen LogP contribution in [0.25, 0.3) is 22.1 Å². The number of hydrogen-bond donors (Lipinski definition) is 1. The van der Waals surface area contributed by atoms with Crippen LogP contribution in [0.3, 0.4) is 0 Å². The Balaban J connectivity index is 1.74. The van der Waals surface area contributed by atoms with E-state index in [0.29, 0.717) is 6.61 Å². The molecule has 5 heteroatoms. The Morgan fingerprint density at radius 3 is 2.90 bits per heavy atom. The second kappa shape index (κ2) is 4.63. The van der Waals surface area contributed by atoms with Crippen molar-refractivity contribution in [3.05, 3.63) is 54.6 Å². The van der Waals surface area contributed by atoms with Crippen LogP contribution in [0.2, 0.25) is 0 Å². The van der Waals surface area contributed by atoms with E-state index < -0.39 is 0 Å². The lowest BCUT2D eigenvalue weighted by molar-refractivity contribution is 0.292. The van der Waals surface area contributed by atoms with Gasteiger partial charge in [-0.3, -0.25) is 0 Å². The van der Waals surface area contributed by atoms with Gasteiger partial charge in [0, 0.05) is 18.6 Å². The molecular weight excluding hydrogens is 264 g/mol. The van der Waals surface area contributed by atoms with Crippen molar-refractivity contribution in [2.75, 3.05) is 0 Å². The average molecular weight is 278 g/mol. The van der Waals surface area contributed by atoms with E-state index in [1.807, 2.05) is 49.6 Å². The molecule has 0 aliphatic carbocycles. The molecule has 0 saturated heterocycles. The summed E-state index contributed by atoms with van der Waals surface area (Å²) >= 11 is 0. The van der Waals surface area contributed by atoms with Crippen molar-refractivity contribution in [1.82, 2.24) is 19.5 Å². The summed E-state index contributed by atoms with van der Waals surface area (Å²) in [7, 11) is 2.01. The summed E-state index contributed by atoms with van der Waals surface area (Å²) < 4.78 is 7.85. The molecule has 0 radical (unpaired) electrons. The van der Waals surface area contributed by atoms with Gasteiger partial charge < -0.3 is 14.3 Å². The van der Waals surface area contributed by atoms with Crippen molar-refractivity contribution in [2.24, 2.45) is 7.05 Å². The number of H-pyrrole nitrogens is 1. The van der Waals surface area contributed by atoms with Crippen LogP contribution >= 0.6 is 0 Å². The smallest absolute Gasteiger partial charge is 0.147 e. The van der Waals surface area contributed by atoms with E-state index in [-0.39, 0.29) is 0 Å². The van der Waals surface area contributed by atoms with Crippen LogP contribution in [0.1, 0.15) is 5.82 Å². The molecule has 3 heterocycles. The zero-order valence-electron chi connectivity index (χ0n) is 11.6. The van der Waals surface area contributed by atoms with Crippen molar-refractivity contribution < 1.29 is 4.74 Å². The number of aryl methyl sites for hydroxylation is 1. The third-order valence-corrected chi connectivity index (χ3v) is 3.62. The number of rotatable bonds is 3. The highest BCUT2D eigenvalue weighted by Gasteiger charge is 2.12. The van der Waals surface area contributed by atoms with Gasteiger partial charge in [-0.05, 0) is 18.2 Å². The fraction of sp³-hybridized carbons (Fsp3) is 0.125. The minimum Gasteiger partial charge on any atom is -0.486 e. The molecule has 5 nitrogen and oxygen atoms in total. The normalized spacial score (nSPS) is 11.3. The number of pyridine rings is 1. The zero-order valence-corrected chi connectivity index (χ0v) is 11.6. The van der Waals surface area contributed by atoms with Gasteiger partial charge in [-0.25, -0.2) is 9.97 Å². The molecule has 1 N–H and O–H groups in total. The van der Waals surface area contributed by atoms with Gasteiger partial charge in [-0.2, -0.15) is 0 Å². The van der Waals surface area contributed by atoms with Crippen LogP contribution in [0.4, 0.5) is 0 Å². The van der Waals surface area contributed by atoms with E-state index in [9.17, 15) is 0 Å². The fourth-order valence-corrected chi connectivity index (χ4v) is 2.55.